The zero-order valence-electron chi connectivity index (χ0n) is 12.7. The number of aromatic amines is 1. The number of pyridine rings is 1. The highest BCUT2D eigenvalue weighted by Crippen LogP contribution is 2.17. The van der Waals surface area contributed by atoms with Crippen LogP contribution in [0.2, 0.25) is 0 Å². The molecule has 0 saturated heterocycles. The topological polar surface area (TPSA) is 114 Å². The molecule has 1 aromatic carbocycles. The fourth-order valence-electron chi connectivity index (χ4n) is 2.48. The molecule has 0 fully saturated rings. The standard InChI is InChI=1S/C17H11N5O3/c23-16-12-3-1-10(17(24)25)7-13(12)20-15(21-16)11-2-4-14(19-8-11)22-6-5-18-9-22/h1-9H,(H,24,25)(H,20,21,23). The summed E-state index contributed by atoms with van der Waals surface area (Å²) in [7, 11) is 0. The van der Waals surface area contributed by atoms with Crippen molar-refractivity contribution < 1.29 is 9.90 Å². The molecule has 8 heteroatoms. The third-order valence-electron chi connectivity index (χ3n) is 3.74. The summed E-state index contributed by atoms with van der Waals surface area (Å²) in [6, 6.07) is 7.75. The summed E-state index contributed by atoms with van der Waals surface area (Å²) in [4.78, 5) is 38.7. The molecule has 3 heterocycles. The lowest BCUT2D eigenvalue weighted by atomic mass is 10.1. The van der Waals surface area contributed by atoms with E-state index < -0.39 is 5.97 Å². The van der Waals surface area contributed by atoms with Crippen molar-refractivity contribution >= 4 is 16.9 Å². The Balaban J connectivity index is 1.80. The molecular formula is C17H11N5O3. The summed E-state index contributed by atoms with van der Waals surface area (Å²) in [5, 5.41) is 9.42. The van der Waals surface area contributed by atoms with Gasteiger partial charge >= 0.3 is 5.97 Å². The molecule has 3 aromatic heterocycles. The number of H-pyrrole nitrogens is 1. The number of rotatable bonds is 3. The smallest absolute Gasteiger partial charge is 0.335 e. The second kappa shape index (κ2) is 5.68. The lowest BCUT2D eigenvalue weighted by molar-refractivity contribution is 0.0697. The normalized spacial score (nSPS) is 10.9. The van der Waals surface area contributed by atoms with Crippen molar-refractivity contribution in [3.05, 3.63) is 71.2 Å². The van der Waals surface area contributed by atoms with Gasteiger partial charge in [0.2, 0.25) is 0 Å². The molecule has 0 spiro atoms. The molecule has 0 aliphatic carbocycles. The molecule has 8 nitrogen and oxygen atoms in total. The minimum Gasteiger partial charge on any atom is -0.478 e. The first-order valence-electron chi connectivity index (χ1n) is 7.34. The minimum absolute atomic E-state index is 0.0742. The van der Waals surface area contributed by atoms with E-state index in [0.717, 1.165) is 0 Å². The van der Waals surface area contributed by atoms with Crippen molar-refractivity contribution in [3.8, 4) is 17.2 Å². The highest BCUT2D eigenvalue weighted by atomic mass is 16.4. The van der Waals surface area contributed by atoms with Crippen LogP contribution in [0.1, 0.15) is 10.4 Å². The van der Waals surface area contributed by atoms with Crippen LogP contribution < -0.4 is 5.56 Å². The van der Waals surface area contributed by atoms with E-state index >= 15 is 0 Å². The Morgan fingerprint density at radius 1 is 1.20 bits per heavy atom. The molecule has 0 saturated carbocycles. The van der Waals surface area contributed by atoms with Crippen LogP contribution >= 0.6 is 0 Å². The third kappa shape index (κ3) is 2.65. The van der Waals surface area contributed by atoms with Crippen LogP contribution in [0, 0.1) is 0 Å². The number of hydrogen-bond acceptors (Lipinski definition) is 5. The van der Waals surface area contributed by atoms with Crippen LogP contribution in [0.15, 0.2) is 60.0 Å². The van der Waals surface area contributed by atoms with E-state index in [1.54, 1.807) is 41.6 Å². The van der Waals surface area contributed by atoms with Crippen LogP contribution in [0.4, 0.5) is 0 Å². The predicted molar refractivity (Wildman–Crippen MR) is 89.7 cm³/mol. The Morgan fingerprint density at radius 3 is 2.76 bits per heavy atom. The van der Waals surface area contributed by atoms with E-state index in [9.17, 15) is 9.59 Å². The number of nitrogens with one attached hydrogen (secondary N) is 1. The second-order valence-electron chi connectivity index (χ2n) is 5.33. The molecule has 0 radical (unpaired) electrons. The van der Waals surface area contributed by atoms with Crippen LogP contribution in [-0.4, -0.2) is 35.6 Å². The predicted octanol–water partition coefficient (Wildman–Crippen LogP) is 1.87. The van der Waals surface area contributed by atoms with Crippen LogP contribution in [0.3, 0.4) is 0 Å². The van der Waals surface area contributed by atoms with Crippen molar-refractivity contribution in [1.29, 1.82) is 0 Å². The molecule has 0 atom stereocenters. The summed E-state index contributed by atoms with van der Waals surface area (Å²) in [5.74, 6) is -0.0702. The van der Waals surface area contributed by atoms with E-state index in [4.69, 9.17) is 5.11 Å². The molecule has 0 bridgehead atoms. The van der Waals surface area contributed by atoms with Crippen LogP contribution in [0.25, 0.3) is 28.1 Å². The molecule has 4 aromatic rings. The summed E-state index contributed by atoms with van der Waals surface area (Å²) in [5.41, 5.74) is 0.668. The maximum absolute atomic E-state index is 12.2. The lowest BCUT2D eigenvalue weighted by Gasteiger charge is -2.05. The van der Waals surface area contributed by atoms with Gasteiger partial charge in [-0.2, -0.15) is 0 Å². The van der Waals surface area contributed by atoms with Gasteiger partial charge in [0.25, 0.3) is 5.56 Å². The number of carboxylic acid groups (broad SMARTS) is 1. The molecule has 0 aliphatic rings. The first-order chi connectivity index (χ1) is 12.1. The molecule has 2 N–H and O–H groups in total. The number of hydrogen-bond donors (Lipinski definition) is 2. The van der Waals surface area contributed by atoms with Gasteiger partial charge in [-0.1, -0.05) is 0 Å². The molecule has 4 rings (SSSR count). The highest BCUT2D eigenvalue weighted by molar-refractivity contribution is 5.93. The maximum atomic E-state index is 12.2. The van der Waals surface area contributed by atoms with Gasteiger partial charge in [0, 0.05) is 24.2 Å². The van der Waals surface area contributed by atoms with Gasteiger partial charge in [0.05, 0.1) is 16.5 Å². The number of aromatic nitrogens is 5. The number of imidazole rings is 1. The van der Waals surface area contributed by atoms with Crippen molar-refractivity contribution in [2.24, 2.45) is 0 Å². The van der Waals surface area contributed by atoms with Gasteiger partial charge in [-0.3, -0.25) is 9.36 Å². The van der Waals surface area contributed by atoms with Gasteiger partial charge in [-0.15, -0.1) is 0 Å². The Kier molecular flexibility index (Phi) is 3.35. The molecule has 0 aliphatic heterocycles. The van der Waals surface area contributed by atoms with Gasteiger partial charge < -0.3 is 10.1 Å². The Morgan fingerprint density at radius 2 is 2.08 bits per heavy atom. The fraction of sp³-hybridized carbons (Fsp3) is 0. The van der Waals surface area contributed by atoms with Gasteiger partial charge in [-0.05, 0) is 30.3 Å². The molecule has 25 heavy (non-hydrogen) atoms. The number of nitrogens with zero attached hydrogens (tertiary/aromatic N) is 4. The van der Waals surface area contributed by atoms with Crippen molar-refractivity contribution in [1.82, 2.24) is 24.5 Å². The number of aromatic carboxylic acids is 1. The molecular weight excluding hydrogens is 322 g/mol. The summed E-state index contributed by atoms with van der Waals surface area (Å²) in [6.07, 6.45) is 6.63. The molecule has 0 unspecified atom stereocenters. The maximum Gasteiger partial charge on any atom is 0.335 e. The average molecular weight is 333 g/mol. The Labute approximate surface area is 140 Å². The van der Waals surface area contributed by atoms with Gasteiger partial charge in [-0.25, -0.2) is 19.7 Å². The quantitative estimate of drug-likeness (QED) is 0.591. The van der Waals surface area contributed by atoms with Crippen molar-refractivity contribution in [2.75, 3.05) is 0 Å². The monoisotopic (exact) mass is 333 g/mol. The average Bonchev–Trinajstić information content (AvgIpc) is 3.16. The molecule has 0 amide bonds. The Hall–Kier alpha value is -3.81. The summed E-state index contributed by atoms with van der Waals surface area (Å²) >= 11 is 0. The Bertz CT molecular complexity index is 1130. The minimum atomic E-state index is -1.07. The van der Waals surface area contributed by atoms with Crippen molar-refractivity contribution in [2.45, 2.75) is 0 Å². The second-order valence-corrected chi connectivity index (χ2v) is 5.33. The third-order valence-corrected chi connectivity index (χ3v) is 3.74. The zero-order valence-corrected chi connectivity index (χ0v) is 12.7. The van der Waals surface area contributed by atoms with Crippen molar-refractivity contribution in [3.63, 3.8) is 0 Å². The number of fused-ring (bicyclic) bond motifs is 1. The summed E-state index contributed by atoms with van der Waals surface area (Å²) < 4.78 is 1.75. The van der Waals surface area contributed by atoms with E-state index in [1.165, 1.54) is 18.2 Å². The highest BCUT2D eigenvalue weighted by Gasteiger charge is 2.10. The van der Waals surface area contributed by atoms with E-state index in [0.29, 0.717) is 28.1 Å². The first kappa shape index (κ1) is 14.8. The number of benzene rings is 1. The SMILES string of the molecule is O=C(O)c1ccc2c(=O)[nH]c(-c3ccc(-n4ccnc4)nc3)nc2c1. The van der Waals surface area contributed by atoms with E-state index in [-0.39, 0.29) is 11.1 Å². The number of carboxylic acids is 1. The van der Waals surface area contributed by atoms with E-state index in [2.05, 4.69) is 19.9 Å². The number of carbonyl (C=O) groups is 1. The zero-order chi connectivity index (χ0) is 17.4. The largest absolute Gasteiger partial charge is 0.478 e. The first-order valence-corrected chi connectivity index (χ1v) is 7.34. The summed E-state index contributed by atoms with van der Waals surface area (Å²) in [6.45, 7) is 0. The fourth-order valence-corrected chi connectivity index (χ4v) is 2.48. The van der Waals surface area contributed by atoms with Crippen LogP contribution in [-0.2, 0) is 0 Å². The van der Waals surface area contributed by atoms with Crippen LogP contribution in [0.5, 0.6) is 0 Å². The lowest BCUT2D eigenvalue weighted by Crippen LogP contribution is -2.10. The van der Waals surface area contributed by atoms with E-state index in [1.807, 2.05) is 0 Å². The van der Waals surface area contributed by atoms with Gasteiger partial charge in [0.15, 0.2) is 0 Å². The molecule has 122 valence electrons. The van der Waals surface area contributed by atoms with Gasteiger partial charge in [0.1, 0.15) is 18.0 Å².